The number of carbonyl (C=O) groups is 1. The highest BCUT2D eigenvalue weighted by atomic mass is 32.1. The standard InChI is InChI=1S/C23H27N7OS/c1-23(2,3)19-8-20(29(4)28-19)26-22(31)17-13-32-18-12-30(6-5-16(17)18)11-14-7-15-10-25-27-21(15)24-9-14/h7-10,13H,5-6,11-12H2,1-4H3,(H,26,31)(H,24,25,27). The Balaban J connectivity index is 1.28. The Kier molecular flexibility index (Phi) is 5.10. The number of hydrogen-bond donors (Lipinski definition) is 2. The van der Waals surface area contributed by atoms with E-state index in [1.54, 1.807) is 22.2 Å². The molecule has 1 aliphatic heterocycles. The van der Waals surface area contributed by atoms with Crippen LogP contribution in [0.3, 0.4) is 0 Å². The van der Waals surface area contributed by atoms with Crippen LogP contribution in [-0.4, -0.2) is 42.3 Å². The summed E-state index contributed by atoms with van der Waals surface area (Å²) in [6.07, 6.45) is 4.57. The highest BCUT2D eigenvalue weighted by Gasteiger charge is 2.25. The Hall–Kier alpha value is -3.04. The highest BCUT2D eigenvalue weighted by Crippen LogP contribution is 2.31. The number of aromatic nitrogens is 5. The molecule has 0 saturated carbocycles. The topological polar surface area (TPSA) is 91.7 Å². The predicted molar refractivity (Wildman–Crippen MR) is 126 cm³/mol. The fraction of sp³-hybridized carbons (Fsp3) is 0.391. The van der Waals surface area contributed by atoms with E-state index in [1.807, 2.05) is 24.7 Å². The van der Waals surface area contributed by atoms with E-state index in [4.69, 9.17) is 0 Å². The molecular formula is C23H27N7OS. The van der Waals surface area contributed by atoms with Crippen LogP contribution < -0.4 is 5.32 Å². The number of rotatable bonds is 4. The summed E-state index contributed by atoms with van der Waals surface area (Å²) >= 11 is 1.67. The molecule has 8 nitrogen and oxygen atoms in total. The van der Waals surface area contributed by atoms with E-state index in [1.165, 1.54) is 16.0 Å². The Morgan fingerprint density at radius 3 is 2.91 bits per heavy atom. The first-order valence-corrected chi connectivity index (χ1v) is 11.6. The van der Waals surface area contributed by atoms with Crippen LogP contribution >= 0.6 is 11.3 Å². The van der Waals surface area contributed by atoms with Crippen molar-refractivity contribution in [2.75, 3.05) is 11.9 Å². The van der Waals surface area contributed by atoms with Crippen LogP contribution in [0, 0.1) is 0 Å². The van der Waals surface area contributed by atoms with Crippen molar-refractivity contribution in [3.05, 3.63) is 57.2 Å². The number of pyridine rings is 1. The lowest BCUT2D eigenvalue weighted by molar-refractivity contribution is 0.102. The Morgan fingerprint density at radius 1 is 1.28 bits per heavy atom. The van der Waals surface area contributed by atoms with E-state index in [2.05, 4.69) is 57.3 Å². The number of aryl methyl sites for hydroxylation is 1. The van der Waals surface area contributed by atoms with Crippen LogP contribution in [0.5, 0.6) is 0 Å². The zero-order chi connectivity index (χ0) is 22.5. The normalized spacial score (nSPS) is 14.6. The molecule has 0 spiro atoms. The molecule has 0 atom stereocenters. The van der Waals surface area contributed by atoms with Gasteiger partial charge in [-0.15, -0.1) is 11.3 Å². The van der Waals surface area contributed by atoms with Crippen molar-refractivity contribution in [3.8, 4) is 0 Å². The lowest BCUT2D eigenvalue weighted by Gasteiger charge is -2.27. The maximum absolute atomic E-state index is 13.1. The second-order valence-electron chi connectivity index (χ2n) is 9.41. The van der Waals surface area contributed by atoms with Crippen LogP contribution in [0.1, 0.15) is 52.8 Å². The van der Waals surface area contributed by atoms with E-state index >= 15 is 0 Å². The molecule has 0 aliphatic carbocycles. The van der Waals surface area contributed by atoms with Gasteiger partial charge >= 0.3 is 0 Å². The van der Waals surface area contributed by atoms with Gasteiger partial charge in [-0.2, -0.15) is 10.2 Å². The largest absolute Gasteiger partial charge is 0.307 e. The van der Waals surface area contributed by atoms with Gasteiger partial charge in [0.1, 0.15) is 5.82 Å². The number of hydrogen-bond acceptors (Lipinski definition) is 6. The Bertz CT molecular complexity index is 1290. The van der Waals surface area contributed by atoms with Gasteiger partial charge < -0.3 is 5.32 Å². The number of anilines is 1. The quantitative estimate of drug-likeness (QED) is 0.494. The summed E-state index contributed by atoms with van der Waals surface area (Å²) in [5.41, 5.74) is 4.83. The summed E-state index contributed by atoms with van der Waals surface area (Å²) in [7, 11) is 1.86. The minimum atomic E-state index is -0.0661. The number of aromatic amines is 1. The molecule has 1 aliphatic rings. The molecule has 1 amide bonds. The monoisotopic (exact) mass is 449 g/mol. The van der Waals surface area contributed by atoms with Gasteiger partial charge in [-0.3, -0.25) is 19.5 Å². The molecule has 0 unspecified atom stereocenters. The number of amides is 1. The fourth-order valence-electron chi connectivity index (χ4n) is 4.07. The second kappa shape index (κ2) is 7.83. The molecule has 166 valence electrons. The van der Waals surface area contributed by atoms with Crippen molar-refractivity contribution in [1.82, 2.24) is 29.9 Å². The molecule has 9 heteroatoms. The summed E-state index contributed by atoms with van der Waals surface area (Å²) < 4.78 is 1.74. The lowest BCUT2D eigenvalue weighted by atomic mass is 9.92. The van der Waals surface area contributed by atoms with Crippen molar-refractivity contribution < 1.29 is 4.79 Å². The average molecular weight is 450 g/mol. The number of thiophene rings is 1. The maximum Gasteiger partial charge on any atom is 0.257 e. The van der Waals surface area contributed by atoms with Gasteiger partial charge in [0.15, 0.2) is 5.65 Å². The zero-order valence-electron chi connectivity index (χ0n) is 18.8. The first-order valence-electron chi connectivity index (χ1n) is 10.7. The maximum atomic E-state index is 13.1. The minimum absolute atomic E-state index is 0.0611. The van der Waals surface area contributed by atoms with Crippen LogP contribution in [0.2, 0.25) is 0 Å². The van der Waals surface area contributed by atoms with E-state index in [-0.39, 0.29) is 11.3 Å². The number of H-pyrrole nitrogens is 1. The first-order chi connectivity index (χ1) is 15.3. The summed E-state index contributed by atoms with van der Waals surface area (Å²) in [4.78, 5) is 21.2. The number of nitrogens with one attached hydrogen (secondary N) is 2. The Labute approximate surface area is 190 Å². The predicted octanol–water partition coefficient (Wildman–Crippen LogP) is 3.86. The van der Waals surface area contributed by atoms with Crippen molar-refractivity contribution in [2.45, 2.75) is 45.7 Å². The summed E-state index contributed by atoms with van der Waals surface area (Å²) in [6.45, 7) is 8.93. The van der Waals surface area contributed by atoms with Crippen LogP contribution in [0.25, 0.3) is 11.0 Å². The average Bonchev–Trinajstić information content (AvgIpc) is 3.45. The molecule has 0 saturated heterocycles. The molecule has 4 aromatic rings. The van der Waals surface area contributed by atoms with Gasteiger partial charge in [-0.05, 0) is 23.6 Å². The van der Waals surface area contributed by atoms with Gasteiger partial charge in [0.25, 0.3) is 5.91 Å². The number of fused-ring (bicyclic) bond motifs is 2. The van der Waals surface area contributed by atoms with Crippen molar-refractivity contribution >= 4 is 34.1 Å². The smallest absolute Gasteiger partial charge is 0.257 e. The second-order valence-corrected chi connectivity index (χ2v) is 10.4. The van der Waals surface area contributed by atoms with Gasteiger partial charge in [0.2, 0.25) is 0 Å². The SMILES string of the molecule is Cn1nc(C(C)(C)C)cc1NC(=O)c1csc2c1CCN(Cc1cnc3[nH]ncc3c1)C2. The zero-order valence-corrected chi connectivity index (χ0v) is 19.6. The molecule has 0 radical (unpaired) electrons. The van der Waals surface area contributed by atoms with Crippen molar-refractivity contribution in [3.63, 3.8) is 0 Å². The molecular weight excluding hydrogens is 422 g/mol. The van der Waals surface area contributed by atoms with Gasteiger partial charge in [-0.25, -0.2) is 4.98 Å². The molecule has 0 bridgehead atoms. The third-order valence-corrected chi connectivity index (χ3v) is 6.93. The molecule has 4 aromatic heterocycles. The van der Waals surface area contributed by atoms with Crippen molar-refractivity contribution in [2.24, 2.45) is 7.05 Å². The highest BCUT2D eigenvalue weighted by molar-refractivity contribution is 7.10. The third-order valence-electron chi connectivity index (χ3n) is 5.91. The van der Waals surface area contributed by atoms with Crippen molar-refractivity contribution in [1.29, 1.82) is 0 Å². The molecule has 2 N–H and O–H groups in total. The first kappa shape index (κ1) is 20.8. The lowest BCUT2D eigenvalue weighted by Crippen LogP contribution is -2.30. The Morgan fingerprint density at radius 2 is 2.12 bits per heavy atom. The number of carbonyl (C=O) groups excluding carboxylic acids is 1. The molecule has 32 heavy (non-hydrogen) atoms. The molecule has 5 rings (SSSR count). The number of nitrogens with zero attached hydrogens (tertiary/aromatic N) is 5. The van der Waals surface area contributed by atoms with E-state index in [0.29, 0.717) is 0 Å². The third kappa shape index (κ3) is 3.93. The summed E-state index contributed by atoms with van der Waals surface area (Å²) in [6, 6.07) is 4.09. The fourth-order valence-corrected chi connectivity index (χ4v) is 5.19. The van der Waals surface area contributed by atoms with Crippen LogP contribution in [0.15, 0.2) is 29.9 Å². The molecule has 0 fully saturated rings. The molecule has 0 aromatic carbocycles. The van der Waals surface area contributed by atoms with Crippen LogP contribution in [-0.2, 0) is 32.0 Å². The minimum Gasteiger partial charge on any atom is -0.307 e. The molecule has 5 heterocycles. The van der Waals surface area contributed by atoms with Gasteiger partial charge in [0, 0.05) is 60.0 Å². The van der Waals surface area contributed by atoms with Crippen LogP contribution in [0.4, 0.5) is 5.82 Å². The van der Waals surface area contributed by atoms with Gasteiger partial charge in [-0.1, -0.05) is 20.8 Å². The summed E-state index contributed by atoms with van der Waals surface area (Å²) in [5, 5.41) is 17.6. The van der Waals surface area contributed by atoms with E-state index < -0.39 is 0 Å². The van der Waals surface area contributed by atoms with E-state index in [9.17, 15) is 4.79 Å². The van der Waals surface area contributed by atoms with E-state index in [0.717, 1.165) is 54.2 Å². The summed E-state index contributed by atoms with van der Waals surface area (Å²) in [5.74, 6) is 0.661. The van der Waals surface area contributed by atoms with Gasteiger partial charge in [0.05, 0.1) is 17.5 Å².